The molecule has 30 heavy (non-hydrogen) atoms. The lowest BCUT2D eigenvalue weighted by Gasteiger charge is -2.34. The number of nitrogens with one attached hydrogen (secondary N) is 1. The number of aromatic nitrogens is 3. The molecule has 0 unspecified atom stereocenters. The van der Waals surface area contributed by atoms with Crippen LogP contribution in [0.15, 0.2) is 53.3 Å². The van der Waals surface area contributed by atoms with E-state index in [1.54, 1.807) is 24.3 Å². The third-order valence-electron chi connectivity index (χ3n) is 5.48. The van der Waals surface area contributed by atoms with Crippen molar-refractivity contribution in [1.29, 1.82) is 0 Å². The number of carbonyl (C=O) groups excluding carboxylic acids is 1. The second kappa shape index (κ2) is 9.15. The summed E-state index contributed by atoms with van der Waals surface area (Å²) >= 11 is 0. The quantitative estimate of drug-likeness (QED) is 0.669. The largest absolute Gasteiger partial charge is 0.324 e. The van der Waals surface area contributed by atoms with Crippen LogP contribution in [0.3, 0.4) is 0 Å². The van der Waals surface area contributed by atoms with Gasteiger partial charge in [0.25, 0.3) is 5.56 Å². The molecular weight excluding hydrogens is 380 g/mol. The van der Waals surface area contributed by atoms with Crippen LogP contribution in [0.1, 0.15) is 12.5 Å². The minimum atomic E-state index is -0.325. The van der Waals surface area contributed by atoms with Crippen molar-refractivity contribution >= 4 is 22.5 Å². The minimum Gasteiger partial charge on any atom is -0.324 e. The first-order chi connectivity index (χ1) is 14.6. The molecule has 1 saturated heterocycles. The molecule has 1 aliphatic heterocycles. The van der Waals surface area contributed by atoms with Gasteiger partial charge in [0, 0.05) is 38.4 Å². The molecule has 2 heterocycles. The average molecular weight is 406 g/mol. The molecule has 2 aromatic carbocycles. The number of piperazine rings is 1. The summed E-state index contributed by atoms with van der Waals surface area (Å²) < 4.78 is 1.09. The highest BCUT2D eigenvalue weighted by Gasteiger charge is 2.15. The van der Waals surface area contributed by atoms with E-state index in [1.807, 2.05) is 24.3 Å². The fraction of sp³-hybridized carbons (Fsp3) is 0.364. The predicted octanol–water partition coefficient (Wildman–Crippen LogP) is 1.57. The van der Waals surface area contributed by atoms with E-state index in [9.17, 15) is 9.59 Å². The van der Waals surface area contributed by atoms with Crippen molar-refractivity contribution in [3.8, 4) is 0 Å². The molecule has 0 radical (unpaired) electrons. The second-order valence-electron chi connectivity index (χ2n) is 7.52. The lowest BCUT2D eigenvalue weighted by Crippen LogP contribution is -2.45. The molecular formula is C22H26N6O2. The Morgan fingerprint density at radius 3 is 2.43 bits per heavy atom. The van der Waals surface area contributed by atoms with Crippen molar-refractivity contribution < 1.29 is 4.79 Å². The molecule has 1 aliphatic rings. The van der Waals surface area contributed by atoms with Gasteiger partial charge in [0.2, 0.25) is 5.91 Å². The number of anilines is 1. The Morgan fingerprint density at radius 2 is 1.70 bits per heavy atom. The van der Waals surface area contributed by atoms with Crippen LogP contribution in [0, 0.1) is 0 Å². The molecule has 0 bridgehead atoms. The van der Waals surface area contributed by atoms with Crippen molar-refractivity contribution in [2.24, 2.45) is 0 Å². The average Bonchev–Trinajstić information content (AvgIpc) is 2.78. The van der Waals surface area contributed by atoms with Crippen LogP contribution in [0.5, 0.6) is 0 Å². The molecule has 156 valence electrons. The molecule has 0 saturated carbocycles. The molecule has 1 N–H and O–H groups in total. The van der Waals surface area contributed by atoms with Crippen LogP contribution in [0.4, 0.5) is 5.69 Å². The topological polar surface area (TPSA) is 83.4 Å². The summed E-state index contributed by atoms with van der Waals surface area (Å²) in [5.74, 6) is -0.315. The van der Waals surface area contributed by atoms with E-state index in [0.717, 1.165) is 44.0 Å². The molecule has 0 spiro atoms. The van der Waals surface area contributed by atoms with E-state index in [2.05, 4.69) is 32.4 Å². The molecule has 1 amide bonds. The third-order valence-corrected chi connectivity index (χ3v) is 5.48. The highest BCUT2D eigenvalue weighted by atomic mass is 16.2. The smallest absolute Gasteiger partial charge is 0.278 e. The summed E-state index contributed by atoms with van der Waals surface area (Å²) in [7, 11) is 0. The van der Waals surface area contributed by atoms with Gasteiger partial charge in [0.15, 0.2) is 0 Å². The maximum absolute atomic E-state index is 12.5. The van der Waals surface area contributed by atoms with Crippen LogP contribution in [0.25, 0.3) is 10.9 Å². The van der Waals surface area contributed by atoms with E-state index in [4.69, 9.17) is 0 Å². The highest BCUT2D eigenvalue weighted by Crippen LogP contribution is 2.13. The maximum atomic E-state index is 12.5. The monoisotopic (exact) mass is 406 g/mol. The summed E-state index contributed by atoms with van der Waals surface area (Å²) in [6.45, 7) is 8.42. The minimum absolute atomic E-state index is 0.180. The Morgan fingerprint density at radius 1 is 1.00 bits per heavy atom. The number of rotatable bonds is 6. The SMILES string of the molecule is CCN1CCN(Cc2ccc(NC(=O)Cn3nnc4ccccc4c3=O)cc2)CC1. The number of carbonyl (C=O) groups is 1. The zero-order valence-electron chi connectivity index (χ0n) is 17.1. The van der Waals surface area contributed by atoms with Gasteiger partial charge in [0.05, 0.1) is 5.39 Å². The van der Waals surface area contributed by atoms with Crippen molar-refractivity contribution in [1.82, 2.24) is 24.8 Å². The lowest BCUT2D eigenvalue weighted by atomic mass is 10.1. The van der Waals surface area contributed by atoms with E-state index in [-0.39, 0.29) is 18.0 Å². The van der Waals surface area contributed by atoms with Crippen LogP contribution in [-0.4, -0.2) is 63.4 Å². The van der Waals surface area contributed by atoms with Crippen LogP contribution in [-0.2, 0) is 17.9 Å². The predicted molar refractivity (Wildman–Crippen MR) is 116 cm³/mol. The van der Waals surface area contributed by atoms with Gasteiger partial charge in [-0.15, -0.1) is 5.10 Å². The molecule has 0 aliphatic carbocycles. The molecule has 8 heteroatoms. The van der Waals surface area contributed by atoms with Gasteiger partial charge < -0.3 is 10.2 Å². The van der Waals surface area contributed by atoms with Crippen molar-refractivity contribution in [3.63, 3.8) is 0 Å². The van der Waals surface area contributed by atoms with E-state index in [1.165, 1.54) is 5.56 Å². The van der Waals surface area contributed by atoms with Crippen LogP contribution >= 0.6 is 0 Å². The summed E-state index contributed by atoms with van der Waals surface area (Å²) in [6, 6.07) is 14.8. The van der Waals surface area contributed by atoms with Crippen molar-refractivity contribution in [2.45, 2.75) is 20.0 Å². The number of amides is 1. The number of hydrogen-bond acceptors (Lipinski definition) is 6. The van der Waals surface area contributed by atoms with Gasteiger partial charge in [-0.1, -0.05) is 36.4 Å². The van der Waals surface area contributed by atoms with E-state index < -0.39 is 0 Å². The van der Waals surface area contributed by atoms with Gasteiger partial charge in [0.1, 0.15) is 12.1 Å². The van der Waals surface area contributed by atoms with E-state index in [0.29, 0.717) is 16.6 Å². The Bertz CT molecular complexity index is 1070. The second-order valence-corrected chi connectivity index (χ2v) is 7.52. The lowest BCUT2D eigenvalue weighted by molar-refractivity contribution is -0.117. The first-order valence-corrected chi connectivity index (χ1v) is 10.3. The Labute approximate surface area is 175 Å². The molecule has 1 aromatic heterocycles. The zero-order chi connectivity index (χ0) is 20.9. The first-order valence-electron chi connectivity index (χ1n) is 10.3. The zero-order valence-corrected chi connectivity index (χ0v) is 17.1. The summed E-state index contributed by atoms with van der Waals surface area (Å²) in [5, 5.41) is 11.1. The number of nitrogens with zero attached hydrogens (tertiary/aromatic N) is 5. The van der Waals surface area contributed by atoms with Gasteiger partial charge >= 0.3 is 0 Å². The number of fused-ring (bicyclic) bond motifs is 1. The van der Waals surface area contributed by atoms with Crippen LogP contribution < -0.4 is 10.9 Å². The molecule has 0 atom stereocenters. The molecule has 3 aromatic rings. The normalized spacial score (nSPS) is 15.4. The van der Waals surface area contributed by atoms with Gasteiger partial charge in [-0.3, -0.25) is 14.5 Å². The van der Waals surface area contributed by atoms with Crippen LogP contribution in [0.2, 0.25) is 0 Å². The highest BCUT2D eigenvalue weighted by molar-refractivity contribution is 5.90. The summed E-state index contributed by atoms with van der Waals surface area (Å²) in [6.07, 6.45) is 0. The Kier molecular flexibility index (Phi) is 6.15. The first kappa shape index (κ1) is 20.2. The third kappa shape index (κ3) is 4.72. The van der Waals surface area contributed by atoms with E-state index >= 15 is 0 Å². The maximum Gasteiger partial charge on any atom is 0.278 e. The molecule has 1 fully saturated rings. The Balaban J connectivity index is 1.34. The number of benzene rings is 2. The molecule has 8 nitrogen and oxygen atoms in total. The van der Waals surface area contributed by atoms with Crippen molar-refractivity contribution in [3.05, 3.63) is 64.4 Å². The number of likely N-dealkylation sites (N-methyl/N-ethyl adjacent to an activating group) is 1. The fourth-order valence-corrected chi connectivity index (χ4v) is 3.68. The Hall–Kier alpha value is -3.10. The van der Waals surface area contributed by atoms with Gasteiger partial charge in [-0.05, 0) is 36.4 Å². The number of hydrogen-bond donors (Lipinski definition) is 1. The van der Waals surface area contributed by atoms with Crippen molar-refractivity contribution in [2.75, 3.05) is 38.0 Å². The summed E-state index contributed by atoms with van der Waals surface area (Å²) in [4.78, 5) is 29.7. The fourth-order valence-electron chi connectivity index (χ4n) is 3.68. The van der Waals surface area contributed by atoms with Gasteiger partial charge in [-0.2, -0.15) is 0 Å². The standard InChI is InChI=1S/C22H26N6O2/c1-2-26-11-13-27(14-12-26)15-17-7-9-18(10-8-17)23-21(29)16-28-22(30)19-5-3-4-6-20(19)24-25-28/h3-10H,2,11-16H2,1H3,(H,23,29). The van der Waals surface area contributed by atoms with Gasteiger partial charge in [-0.25, -0.2) is 4.68 Å². The summed E-state index contributed by atoms with van der Waals surface area (Å²) in [5.41, 5.74) is 2.11. The molecule has 4 rings (SSSR count).